The molecule has 21 heavy (non-hydrogen) atoms. The van der Waals surface area contributed by atoms with E-state index in [2.05, 4.69) is 23.2 Å². The summed E-state index contributed by atoms with van der Waals surface area (Å²) in [5.74, 6) is -0.712. The topological polar surface area (TPSA) is 53.4 Å². The van der Waals surface area contributed by atoms with Crippen molar-refractivity contribution in [3.8, 4) is 11.1 Å². The van der Waals surface area contributed by atoms with E-state index in [0.717, 1.165) is 36.1 Å². The molecule has 1 aromatic carbocycles. The molecule has 0 bridgehead atoms. The first kappa shape index (κ1) is 13.8. The Morgan fingerprint density at radius 2 is 2.14 bits per heavy atom. The Morgan fingerprint density at radius 3 is 2.90 bits per heavy atom. The van der Waals surface area contributed by atoms with E-state index >= 15 is 0 Å². The van der Waals surface area contributed by atoms with E-state index in [1.54, 1.807) is 6.20 Å². The molecule has 0 saturated carbocycles. The average molecular weight is 282 g/mol. The van der Waals surface area contributed by atoms with Crippen molar-refractivity contribution in [1.82, 2.24) is 9.88 Å². The summed E-state index contributed by atoms with van der Waals surface area (Å²) in [5, 5.41) is 9.24. The van der Waals surface area contributed by atoms with Crippen LogP contribution in [0.15, 0.2) is 48.8 Å². The van der Waals surface area contributed by atoms with Gasteiger partial charge in [-0.2, -0.15) is 0 Å². The summed E-state index contributed by atoms with van der Waals surface area (Å²) >= 11 is 0. The van der Waals surface area contributed by atoms with Crippen LogP contribution in [-0.2, 0) is 11.3 Å². The van der Waals surface area contributed by atoms with Crippen molar-refractivity contribution >= 4 is 5.97 Å². The van der Waals surface area contributed by atoms with Gasteiger partial charge in [0.2, 0.25) is 0 Å². The second-order valence-electron chi connectivity index (χ2n) is 5.41. The van der Waals surface area contributed by atoms with Crippen LogP contribution >= 0.6 is 0 Å². The molecule has 0 radical (unpaired) electrons. The Labute approximate surface area is 124 Å². The van der Waals surface area contributed by atoms with E-state index in [0.29, 0.717) is 6.54 Å². The molecule has 108 valence electrons. The lowest BCUT2D eigenvalue weighted by Gasteiger charge is -2.21. The number of hydrogen-bond acceptors (Lipinski definition) is 3. The highest BCUT2D eigenvalue weighted by Gasteiger charge is 2.30. The van der Waals surface area contributed by atoms with Crippen LogP contribution in [-0.4, -0.2) is 33.5 Å². The van der Waals surface area contributed by atoms with Crippen LogP contribution in [0.5, 0.6) is 0 Å². The second-order valence-corrected chi connectivity index (χ2v) is 5.41. The van der Waals surface area contributed by atoms with Gasteiger partial charge in [-0.1, -0.05) is 24.3 Å². The van der Waals surface area contributed by atoms with Crippen molar-refractivity contribution in [1.29, 1.82) is 0 Å². The molecule has 2 aromatic rings. The number of likely N-dealkylation sites (tertiary alicyclic amines) is 1. The quantitative estimate of drug-likeness (QED) is 0.937. The second kappa shape index (κ2) is 6.06. The Hall–Kier alpha value is -2.20. The number of hydrogen-bond donors (Lipinski definition) is 1. The highest BCUT2D eigenvalue weighted by atomic mass is 16.4. The van der Waals surface area contributed by atoms with E-state index in [-0.39, 0.29) is 6.04 Å². The first-order valence-electron chi connectivity index (χ1n) is 7.20. The van der Waals surface area contributed by atoms with Gasteiger partial charge in [-0.15, -0.1) is 0 Å². The van der Waals surface area contributed by atoms with Gasteiger partial charge in [0.15, 0.2) is 0 Å². The third-order valence-electron chi connectivity index (χ3n) is 3.96. The van der Waals surface area contributed by atoms with Crippen molar-refractivity contribution in [3.63, 3.8) is 0 Å². The number of aromatic nitrogens is 1. The molecule has 1 fully saturated rings. The molecule has 2 heterocycles. The van der Waals surface area contributed by atoms with Gasteiger partial charge >= 0.3 is 5.97 Å². The van der Waals surface area contributed by atoms with Gasteiger partial charge in [0.25, 0.3) is 0 Å². The average Bonchev–Trinajstić information content (AvgIpc) is 2.97. The molecule has 3 rings (SSSR count). The van der Waals surface area contributed by atoms with Gasteiger partial charge in [0.1, 0.15) is 6.04 Å². The lowest BCUT2D eigenvalue weighted by molar-refractivity contribution is -0.142. The number of carbonyl (C=O) groups is 1. The van der Waals surface area contributed by atoms with Crippen LogP contribution in [0.4, 0.5) is 0 Å². The summed E-state index contributed by atoms with van der Waals surface area (Å²) in [6.07, 6.45) is 5.31. The summed E-state index contributed by atoms with van der Waals surface area (Å²) < 4.78 is 0. The lowest BCUT2D eigenvalue weighted by Crippen LogP contribution is -2.35. The maximum atomic E-state index is 11.2. The van der Waals surface area contributed by atoms with E-state index in [9.17, 15) is 9.90 Å². The molecular weight excluding hydrogens is 264 g/mol. The summed E-state index contributed by atoms with van der Waals surface area (Å²) in [6.45, 7) is 1.54. The molecule has 1 N–H and O–H groups in total. The van der Waals surface area contributed by atoms with Gasteiger partial charge in [0, 0.05) is 18.9 Å². The number of benzene rings is 1. The molecule has 1 aliphatic heterocycles. The molecule has 0 unspecified atom stereocenters. The number of pyridine rings is 1. The van der Waals surface area contributed by atoms with Crippen LogP contribution in [0, 0.1) is 0 Å². The summed E-state index contributed by atoms with van der Waals surface area (Å²) in [7, 11) is 0. The Bertz CT molecular complexity index is 628. The van der Waals surface area contributed by atoms with Gasteiger partial charge in [-0.05, 0) is 48.2 Å². The maximum Gasteiger partial charge on any atom is 0.320 e. The van der Waals surface area contributed by atoms with Crippen molar-refractivity contribution in [2.45, 2.75) is 25.4 Å². The number of carboxylic acid groups (broad SMARTS) is 1. The highest BCUT2D eigenvalue weighted by molar-refractivity contribution is 5.73. The SMILES string of the molecule is O=C(O)[C@@H]1CCCN1Cc1cccc(-c2cccnc2)c1. The molecule has 1 aliphatic rings. The molecular formula is C17H18N2O2. The zero-order chi connectivity index (χ0) is 14.7. The fraction of sp³-hybridized carbons (Fsp3) is 0.294. The van der Waals surface area contributed by atoms with Crippen LogP contribution in [0.3, 0.4) is 0 Å². The molecule has 0 spiro atoms. The number of carboxylic acids is 1. The molecule has 4 nitrogen and oxygen atoms in total. The van der Waals surface area contributed by atoms with Crippen LogP contribution in [0.25, 0.3) is 11.1 Å². The zero-order valence-electron chi connectivity index (χ0n) is 11.8. The first-order valence-corrected chi connectivity index (χ1v) is 7.20. The van der Waals surface area contributed by atoms with Crippen LogP contribution in [0.1, 0.15) is 18.4 Å². The van der Waals surface area contributed by atoms with Gasteiger partial charge in [-0.25, -0.2) is 0 Å². The van der Waals surface area contributed by atoms with E-state index in [1.807, 2.05) is 29.3 Å². The molecule has 0 aliphatic carbocycles. The van der Waals surface area contributed by atoms with E-state index < -0.39 is 5.97 Å². The van der Waals surface area contributed by atoms with Gasteiger partial charge < -0.3 is 5.11 Å². The predicted octanol–water partition coefficient (Wildman–Crippen LogP) is 2.80. The van der Waals surface area contributed by atoms with Crippen molar-refractivity contribution in [3.05, 3.63) is 54.4 Å². The number of rotatable bonds is 4. The molecule has 4 heteroatoms. The third kappa shape index (κ3) is 3.11. The Morgan fingerprint density at radius 1 is 1.29 bits per heavy atom. The largest absolute Gasteiger partial charge is 0.480 e. The van der Waals surface area contributed by atoms with E-state index in [1.165, 1.54) is 0 Å². The fourth-order valence-corrected chi connectivity index (χ4v) is 2.91. The Balaban J connectivity index is 1.79. The minimum Gasteiger partial charge on any atom is -0.480 e. The van der Waals surface area contributed by atoms with Gasteiger partial charge in [0.05, 0.1) is 0 Å². The van der Waals surface area contributed by atoms with Gasteiger partial charge in [-0.3, -0.25) is 14.7 Å². The minimum absolute atomic E-state index is 0.341. The Kier molecular flexibility index (Phi) is 3.97. The predicted molar refractivity (Wildman–Crippen MR) is 80.7 cm³/mol. The number of aliphatic carboxylic acids is 1. The normalized spacial score (nSPS) is 18.8. The monoisotopic (exact) mass is 282 g/mol. The summed E-state index contributed by atoms with van der Waals surface area (Å²) in [6, 6.07) is 11.9. The number of nitrogens with zero attached hydrogens (tertiary/aromatic N) is 2. The minimum atomic E-state index is -0.712. The third-order valence-corrected chi connectivity index (χ3v) is 3.96. The first-order chi connectivity index (χ1) is 10.2. The molecule has 1 saturated heterocycles. The van der Waals surface area contributed by atoms with Crippen molar-refractivity contribution < 1.29 is 9.90 Å². The summed E-state index contributed by atoms with van der Waals surface area (Å²) in [5.41, 5.74) is 3.34. The molecule has 0 amide bonds. The zero-order valence-corrected chi connectivity index (χ0v) is 11.8. The summed E-state index contributed by atoms with van der Waals surface area (Å²) in [4.78, 5) is 17.4. The lowest BCUT2D eigenvalue weighted by atomic mass is 10.0. The highest BCUT2D eigenvalue weighted by Crippen LogP contribution is 2.23. The van der Waals surface area contributed by atoms with Crippen molar-refractivity contribution in [2.24, 2.45) is 0 Å². The molecule has 1 atom stereocenters. The van der Waals surface area contributed by atoms with Crippen LogP contribution in [0.2, 0.25) is 0 Å². The van der Waals surface area contributed by atoms with Crippen LogP contribution < -0.4 is 0 Å². The smallest absolute Gasteiger partial charge is 0.320 e. The standard InChI is InChI=1S/C17H18N2O2/c20-17(21)16-7-3-9-19(16)12-13-4-1-5-14(10-13)15-6-2-8-18-11-15/h1-2,4-6,8,10-11,16H,3,7,9,12H2,(H,20,21)/t16-/m0/s1. The maximum absolute atomic E-state index is 11.2. The fourth-order valence-electron chi connectivity index (χ4n) is 2.91. The van der Waals surface area contributed by atoms with Crippen molar-refractivity contribution in [2.75, 3.05) is 6.54 Å². The van der Waals surface area contributed by atoms with E-state index in [4.69, 9.17) is 0 Å². The molecule has 1 aromatic heterocycles.